The summed E-state index contributed by atoms with van der Waals surface area (Å²) in [7, 11) is 0. The lowest BCUT2D eigenvalue weighted by atomic mass is 9.99. The predicted molar refractivity (Wildman–Crippen MR) is 85.8 cm³/mol. The summed E-state index contributed by atoms with van der Waals surface area (Å²) >= 11 is 0. The number of benzene rings is 1. The molecule has 132 valence electrons. The highest BCUT2D eigenvalue weighted by molar-refractivity contribution is 5.81. The molecule has 4 nitrogen and oxygen atoms in total. The Kier molecular flexibility index (Phi) is 4.12. The third-order valence-electron chi connectivity index (χ3n) is 4.27. The largest absolute Gasteiger partial charge is 0.418 e. The van der Waals surface area contributed by atoms with Crippen molar-refractivity contribution in [3.05, 3.63) is 29.1 Å². The molecule has 7 heteroatoms. The van der Waals surface area contributed by atoms with E-state index in [1.807, 2.05) is 0 Å². The fourth-order valence-electron chi connectivity index (χ4n) is 3.10. The van der Waals surface area contributed by atoms with E-state index < -0.39 is 17.3 Å². The van der Waals surface area contributed by atoms with Gasteiger partial charge in [-0.15, -0.1) is 0 Å². The molecule has 0 saturated carbocycles. The average molecular weight is 341 g/mol. The second kappa shape index (κ2) is 5.74. The van der Waals surface area contributed by atoms with Gasteiger partial charge in [0.2, 0.25) is 0 Å². The topological polar surface area (TPSA) is 50.1 Å². The smallest absolute Gasteiger partial charge is 0.389 e. The molecule has 2 N–H and O–H groups in total. The summed E-state index contributed by atoms with van der Waals surface area (Å²) in [6.45, 7) is 6.83. The van der Waals surface area contributed by atoms with E-state index >= 15 is 0 Å². The maximum atomic E-state index is 13.4. The number of hydrogen-bond acceptors (Lipinski definition) is 3. The van der Waals surface area contributed by atoms with Gasteiger partial charge in [-0.25, -0.2) is 4.98 Å². The van der Waals surface area contributed by atoms with Crippen LogP contribution >= 0.6 is 0 Å². The van der Waals surface area contributed by atoms with Crippen molar-refractivity contribution >= 4 is 11.0 Å². The minimum absolute atomic E-state index is 0.0281. The van der Waals surface area contributed by atoms with Crippen LogP contribution in [0.3, 0.4) is 0 Å². The number of alkyl halides is 3. The molecule has 1 saturated heterocycles. The highest BCUT2D eigenvalue weighted by Crippen LogP contribution is 2.36. The van der Waals surface area contributed by atoms with Crippen LogP contribution in [0.4, 0.5) is 13.2 Å². The van der Waals surface area contributed by atoms with Crippen molar-refractivity contribution in [2.45, 2.75) is 45.5 Å². The maximum Gasteiger partial charge on any atom is 0.418 e. The van der Waals surface area contributed by atoms with Gasteiger partial charge in [0, 0.05) is 6.42 Å². The van der Waals surface area contributed by atoms with Gasteiger partial charge in [-0.05, 0) is 57.5 Å². The van der Waals surface area contributed by atoms with Crippen LogP contribution in [0.15, 0.2) is 12.1 Å². The number of halogens is 3. The zero-order chi connectivity index (χ0) is 17.7. The molecule has 0 unspecified atom stereocenters. The SMILES string of the molecule is Cc1cc(C(F)(F)F)c2nc(CC3CNC3)n(CC(C)(C)O)c2c1. The summed E-state index contributed by atoms with van der Waals surface area (Å²) < 4.78 is 42.0. The fourth-order valence-corrected chi connectivity index (χ4v) is 3.10. The molecule has 1 fully saturated rings. The number of hydrogen-bond donors (Lipinski definition) is 2. The number of fused-ring (bicyclic) bond motifs is 1. The van der Waals surface area contributed by atoms with Crippen molar-refractivity contribution < 1.29 is 18.3 Å². The van der Waals surface area contributed by atoms with Gasteiger partial charge in [-0.3, -0.25) is 0 Å². The van der Waals surface area contributed by atoms with E-state index in [1.54, 1.807) is 31.4 Å². The standard InChI is InChI=1S/C17H22F3N3O/c1-10-4-12(17(18,19)20)15-13(5-10)23(9-16(2,3)24)14(22-15)6-11-7-21-8-11/h4-5,11,21,24H,6-9H2,1-3H3. The first kappa shape index (κ1) is 17.2. The lowest BCUT2D eigenvalue weighted by molar-refractivity contribution is -0.136. The number of nitrogens with zero attached hydrogens (tertiary/aromatic N) is 2. The Balaban J connectivity index is 2.18. The van der Waals surface area contributed by atoms with Crippen molar-refractivity contribution in [3.8, 4) is 0 Å². The van der Waals surface area contributed by atoms with Crippen LogP contribution in [-0.4, -0.2) is 33.3 Å². The van der Waals surface area contributed by atoms with Crippen molar-refractivity contribution in [3.63, 3.8) is 0 Å². The van der Waals surface area contributed by atoms with Gasteiger partial charge in [-0.2, -0.15) is 13.2 Å². The molecule has 2 heterocycles. The van der Waals surface area contributed by atoms with Gasteiger partial charge in [0.25, 0.3) is 0 Å². The fraction of sp³-hybridized carbons (Fsp3) is 0.588. The average Bonchev–Trinajstić information content (AvgIpc) is 2.68. The van der Waals surface area contributed by atoms with E-state index in [4.69, 9.17) is 0 Å². The molecule has 1 aliphatic rings. The quantitative estimate of drug-likeness (QED) is 0.899. The zero-order valence-corrected chi connectivity index (χ0v) is 14.0. The van der Waals surface area contributed by atoms with Crippen molar-refractivity contribution in [2.75, 3.05) is 13.1 Å². The summed E-state index contributed by atoms with van der Waals surface area (Å²) in [4.78, 5) is 4.33. The molecule has 0 aliphatic carbocycles. The van der Waals surface area contributed by atoms with Crippen molar-refractivity contribution in [1.82, 2.24) is 14.9 Å². The number of rotatable bonds is 4. The van der Waals surface area contributed by atoms with Crippen LogP contribution in [0.1, 0.15) is 30.8 Å². The first-order chi connectivity index (χ1) is 11.0. The summed E-state index contributed by atoms with van der Waals surface area (Å²) in [5.41, 5.74) is -0.808. The molecular weight excluding hydrogens is 319 g/mol. The van der Waals surface area contributed by atoms with E-state index in [0.717, 1.165) is 19.2 Å². The first-order valence-corrected chi connectivity index (χ1v) is 8.04. The lowest BCUT2D eigenvalue weighted by Crippen LogP contribution is -2.43. The second-order valence-corrected chi connectivity index (χ2v) is 7.33. The predicted octanol–water partition coefficient (Wildman–Crippen LogP) is 2.90. The van der Waals surface area contributed by atoms with Gasteiger partial charge < -0.3 is 15.0 Å². The van der Waals surface area contributed by atoms with E-state index in [1.165, 1.54) is 0 Å². The van der Waals surface area contributed by atoms with Gasteiger partial charge >= 0.3 is 6.18 Å². The molecule has 0 amide bonds. The third-order valence-corrected chi connectivity index (χ3v) is 4.27. The number of nitrogens with one attached hydrogen (secondary N) is 1. The van der Waals surface area contributed by atoms with Gasteiger partial charge in [0.15, 0.2) is 0 Å². The number of aromatic nitrogens is 2. The third kappa shape index (κ3) is 3.42. The van der Waals surface area contributed by atoms with Gasteiger partial charge in [-0.1, -0.05) is 0 Å². The number of aliphatic hydroxyl groups is 1. The first-order valence-electron chi connectivity index (χ1n) is 8.04. The number of aryl methyl sites for hydroxylation is 1. The summed E-state index contributed by atoms with van der Waals surface area (Å²) in [6, 6.07) is 2.85. The van der Waals surface area contributed by atoms with Crippen LogP contribution < -0.4 is 5.32 Å². The monoisotopic (exact) mass is 341 g/mol. The van der Waals surface area contributed by atoms with Crippen LogP contribution in [0, 0.1) is 12.8 Å². The molecule has 1 aromatic heterocycles. The summed E-state index contributed by atoms with van der Waals surface area (Å²) in [6.07, 6.45) is -3.85. The van der Waals surface area contributed by atoms with E-state index in [-0.39, 0.29) is 12.1 Å². The molecule has 3 rings (SSSR count). The molecule has 0 radical (unpaired) electrons. The molecule has 2 aromatic rings. The van der Waals surface area contributed by atoms with E-state index in [2.05, 4.69) is 10.3 Å². The zero-order valence-electron chi connectivity index (χ0n) is 14.0. The van der Waals surface area contributed by atoms with E-state index in [9.17, 15) is 18.3 Å². The Morgan fingerprint density at radius 1 is 1.29 bits per heavy atom. The molecule has 0 atom stereocenters. The number of imidazole rings is 1. The maximum absolute atomic E-state index is 13.4. The highest BCUT2D eigenvalue weighted by atomic mass is 19.4. The Bertz CT molecular complexity index is 755. The van der Waals surface area contributed by atoms with Crippen LogP contribution in [0.2, 0.25) is 0 Å². The van der Waals surface area contributed by atoms with E-state index in [0.29, 0.717) is 29.2 Å². The minimum Gasteiger partial charge on any atom is -0.389 e. The Morgan fingerprint density at radius 3 is 2.46 bits per heavy atom. The minimum atomic E-state index is -4.45. The Hall–Kier alpha value is -1.60. The van der Waals surface area contributed by atoms with Crippen LogP contribution in [0.5, 0.6) is 0 Å². The summed E-state index contributed by atoms with van der Waals surface area (Å²) in [5.74, 6) is 0.979. The van der Waals surface area contributed by atoms with Gasteiger partial charge in [0.05, 0.1) is 23.2 Å². The molecule has 0 bridgehead atoms. The molecule has 24 heavy (non-hydrogen) atoms. The van der Waals surface area contributed by atoms with Crippen molar-refractivity contribution in [2.24, 2.45) is 5.92 Å². The Labute approximate surface area is 138 Å². The highest BCUT2D eigenvalue weighted by Gasteiger charge is 2.35. The molecular formula is C17H22F3N3O. The molecule has 0 spiro atoms. The molecule has 1 aliphatic heterocycles. The Morgan fingerprint density at radius 2 is 1.96 bits per heavy atom. The second-order valence-electron chi connectivity index (χ2n) is 7.33. The van der Waals surface area contributed by atoms with Crippen LogP contribution in [0.25, 0.3) is 11.0 Å². The van der Waals surface area contributed by atoms with Crippen LogP contribution in [-0.2, 0) is 19.1 Å². The summed E-state index contributed by atoms with van der Waals surface area (Å²) in [5, 5.41) is 13.4. The lowest BCUT2D eigenvalue weighted by Gasteiger charge is -2.28. The molecule has 1 aromatic carbocycles. The van der Waals surface area contributed by atoms with Gasteiger partial charge in [0.1, 0.15) is 11.3 Å². The normalized spacial score (nSPS) is 16.6. The van der Waals surface area contributed by atoms with Crippen molar-refractivity contribution in [1.29, 1.82) is 0 Å².